The number of carbonyl (C=O) groups excluding carboxylic acids is 1. The van der Waals surface area contributed by atoms with E-state index in [1.54, 1.807) is 36.1 Å². The highest BCUT2D eigenvalue weighted by atomic mass is 35.5. The summed E-state index contributed by atoms with van der Waals surface area (Å²) in [5, 5.41) is 10.4. The maximum Gasteiger partial charge on any atom is 0.272 e. The third kappa shape index (κ3) is 3.62. The molecule has 7 heteroatoms. The molecular weight excluding hydrogens is 361 g/mol. The third-order valence-corrected chi connectivity index (χ3v) is 4.60. The van der Waals surface area contributed by atoms with Crippen molar-refractivity contribution in [2.75, 3.05) is 26.3 Å². The Bertz CT molecular complexity index is 871. The molecule has 3 rings (SSSR count). The van der Waals surface area contributed by atoms with Gasteiger partial charge in [-0.2, -0.15) is 5.26 Å². The zero-order valence-electron chi connectivity index (χ0n) is 13.6. The van der Waals surface area contributed by atoms with Gasteiger partial charge in [-0.1, -0.05) is 29.3 Å². The Morgan fingerprint density at radius 2 is 1.96 bits per heavy atom. The van der Waals surface area contributed by atoms with Crippen LogP contribution in [0.3, 0.4) is 0 Å². The van der Waals surface area contributed by atoms with Crippen LogP contribution < -0.4 is 0 Å². The molecule has 0 aliphatic carbocycles. The summed E-state index contributed by atoms with van der Waals surface area (Å²) in [6, 6.07) is 8.82. The standard InChI is InChI=1S/C18H15Cl2N3O2/c1-11-15(10-21)14(13-3-2-12(19)8-16(13)20)9-17(22-11)18(24)23-4-6-25-7-5-23/h2-3,8-9H,4-7H2,1H3. The molecule has 0 N–H and O–H groups in total. The molecule has 0 radical (unpaired) electrons. The number of halogens is 2. The van der Waals surface area contributed by atoms with E-state index < -0.39 is 0 Å². The lowest BCUT2D eigenvalue weighted by atomic mass is 9.98. The molecule has 0 unspecified atom stereocenters. The van der Waals surface area contributed by atoms with E-state index in [9.17, 15) is 10.1 Å². The van der Waals surface area contributed by atoms with E-state index in [1.165, 1.54) is 0 Å². The fraction of sp³-hybridized carbons (Fsp3) is 0.278. The summed E-state index contributed by atoms with van der Waals surface area (Å²) in [7, 11) is 0. The van der Waals surface area contributed by atoms with Crippen molar-refractivity contribution in [2.45, 2.75) is 6.92 Å². The maximum absolute atomic E-state index is 12.7. The summed E-state index contributed by atoms with van der Waals surface area (Å²) >= 11 is 12.3. The summed E-state index contributed by atoms with van der Waals surface area (Å²) in [4.78, 5) is 18.8. The first-order valence-electron chi connectivity index (χ1n) is 7.75. The van der Waals surface area contributed by atoms with Crippen LogP contribution in [0.15, 0.2) is 24.3 Å². The number of aryl methyl sites for hydroxylation is 1. The number of carbonyl (C=O) groups is 1. The molecule has 25 heavy (non-hydrogen) atoms. The minimum Gasteiger partial charge on any atom is -0.378 e. The van der Waals surface area contributed by atoms with Crippen LogP contribution in [-0.2, 0) is 4.74 Å². The van der Waals surface area contributed by atoms with Crippen molar-refractivity contribution in [3.05, 3.63) is 51.3 Å². The summed E-state index contributed by atoms with van der Waals surface area (Å²) in [6.45, 7) is 3.78. The van der Waals surface area contributed by atoms with Gasteiger partial charge in [-0.15, -0.1) is 0 Å². The van der Waals surface area contributed by atoms with Gasteiger partial charge >= 0.3 is 0 Å². The first-order chi connectivity index (χ1) is 12.0. The molecule has 1 aromatic carbocycles. The van der Waals surface area contributed by atoms with Crippen molar-refractivity contribution in [1.82, 2.24) is 9.88 Å². The number of nitrogens with zero attached hydrogens (tertiary/aromatic N) is 3. The summed E-state index contributed by atoms with van der Waals surface area (Å²) < 4.78 is 5.28. The van der Waals surface area contributed by atoms with Crippen LogP contribution in [0, 0.1) is 18.3 Å². The monoisotopic (exact) mass is 375 g/mol. The Labute approximate surface area is 155 Å². The van der Waals surface area contributed by atoms with Crippen LogP contribution in [0.2, 0.25) is 10.0 Å². The van der Waals surface area contributed by atoms with Crippen LogP contribution in [0.1, 0.15) is 21.7 Å². The van der Waals surface area contributed by atoms with E-state index in [1.807, 2.05) is 0 Å². The fourth-order valence-corrected chi connectivity index (χ4v) is 3.28. The number of pyridine rings is 1. The molecule has 1 saturated heterocycles. The van der Waals surface area contributed by atoms with Gasteiger partial charge in [0, 0.05) is 34.3 Å². The average Bonchev–Trinajstić information content (AvgIpc) is 2.61. The molecule has 1 aliphatic rings. The molecular formula is C18H15Cl2N3O2. The van der Waals surface area contributed by atoms with Gasteiger partial charge in [-0.3, -0.25) is 4.79 Å². The minimum atomic E-state index is -0.178. The van der Waals surface area contributed by atoms with Crippen LogP contribution in [0.4, 0.5) is 0 Å². The molecule has 0 bridgehead atoms. The van der Waals surface area contributed by atoms with Gasteiger partial charge in [0.15, 0.2) is 0 Å². The second kappa shape index (κ2) is 7.40. The SMILES string of the molecule is Cc1nc(C(=O)N2CCOCC2)cc(-c2ccc(Cl)cc2Cl)c1C#N. The first kappa shape index (κ1) is 17.7. The Balaban J connectivity index is 2.09. The van der Waals surface area contributed by atoms with Crippen molar-refractivity contribution >= 4 is 29.1 Å². The number of morpholine rings is 1. The maximum atomic E-state index is 12.7. The lowest BCUT2D eigenvalue weighted by Gasteiger charge is -2.26. The number of benzene rings is 1. The molecule has 2 aromatic rings. The molecule has 0 spiro atoms. The number of amides is 1. The highest BCUT2D eigenvalue weighted by molar-refractivity contribution is 6.36. The summed E-state index contributed by atoms with van der Waals surface area (Å²) in [5.41, 5.74) is 2.39. The number of nitriles is 1. The van der Waals surface area contributed by atoms with E-state index in [4.69, 9.17) is 27.9 Å². The molecule has 0 atom stereocenters. The van der Waals surface area contributed by atoms with E-state index in [2.05, 4.69) is 11.1 Å². The molecule has 1 aromatic heterocycles. The van der Waals surface area contributed by atoms with Gasteiger partial charge in [-0.05, 0) is 25.1 Å². The van der Waals surface area contributed by atoms with Crippen molar-refractivity contribution in [3.8, 4) is 17.2 Å². The van der Waals surface area contributed by atoms with E-state index >= 15 is 0 Å². The number of hydrogen-bond donors (Lipinski definition) is 0. The molecule has 0 saturated carbocycles. The zero-order chi connectivity index (χ0) is 18.0. The molecule has 128 valence electrons. The van der Waals surface area contributed by atoms with Gasteiger partial charge in [-0.25, -0.2) is 4.98 Å². The van der Waals surface area contributed by atoms with Crippen molar-refractivity contribution < 1.29 is 9.53 Å². The highest BCUT2D eigenvalue weighted by Gasteiger charge is 2.23. The number of rotatable bonds is 2. The number of aromatic nitrogens is 1. The largest absolute Gasteiger partial charge is 0.378 e. The Hall–Kier alpha value is -2.13. The fourth-order valence-electron chi connectivity index (χ4n) is 2.77. The molecule has 1 amide bonds. The number of hydrogen-bond acceptors (Lipinski definition) is 4. The Morgan fingerprint density at radius 1 is 1.24 bits per heavy atom. The van der Waals surface area contributed by atoms with Crippen molar-refractivity contribution in [3.63, 3.8) is 0 Å². The van der Waals surface area contributed by atoms with Crippen LogP contribution >= 0.6 is 23.2 Å². The predicted molar refractivity (Wildman–Crippen MR) is 95.9 cm³/mol. The summed E-state index contributed by atoms with van der Waals surface area (Å²) in [5.74, 6) is -0.178. The molecule has 5 nitrogen and oxygen atoms in total. The van der Waals surface area contributed by atoms with Crippen LogP contribution in [0.5, 0.6) is 0 Å². The second-order valence-corrected chi connectivity index (χ2v) is 6.50. The average molecular weight is 376 g/mol. The van der Waals surface area contributed by atoms with E-state index in [-0.39, 0.29) is 5.91 Å². The van der Waals surface area contributed by atoms with Crippen LogP contribution in [0.25, 0.3) is 11.1 Å². The third-order valence-electron chi connectivity index (χ3n) is 4.05. The predicted octanol–water partition coefficient (Wildman–Crippen LogP) is 3.71. The minimum absolute atomic E-state index is 0.178. The molecule has 1 fully saturated rings. The topological polar surface area (TPSA) is 66.2 Å². The van der Waals surface area contributed by atoms with Gasteiger partial charge < -0.3 is 9.64 Å². The van der Waals surface area contributed by atoms with E-state index in [0.717, 1.165) is 0 Å². The van der Waals surface area contributed by atoms with Gasteiger partial charge in [0.05, 0.1) is 24.5 Å². The van der Waals surface area contributed by atoms with Gasteiger partial charge in [0.2, 0.25) is 0 Å². The first-order valence-corrected chi connectivity index (χ1v) is 8.51. The number of ether oxygens (including phenoxy) is 1. The molecule has 2 heterocycles. The summed E-state index contributed by atoms with van der Waals surface area (Å²) in [6.07, 6.45) is 0. The van der Waals surface area contributed by atoms with Gasteiger partial charge in [0.1, 0.15) is 11.8 Å². The van der Waals surface area contributed by atoms with Crippen molar-refractivity contribution in [1.29, 1.82) is 5.26 Å². The highest BCUT2D eigenvalue weighted by Crippen LogP contribution is 2.33. The van der Waals surface area contributed by atoms with E-state index in [0.29, 0.717) is 64.4 Å². The van der Waals surface area contributed by atoms with Gasteiger partial charge in [0.25, 0.3) is 5.91 Å². The van der Waals surface area contributed by atoms with Crippen LogP contribution in [-0.4, -0.2) is 42.1 Å². The smallest absolute Gasteiger partial charge is 0.272 e. The Kier molecular flexibility index (Phi) is 5.24. The van der Waals surface area contributed by atoms with Crippen molar-refractivity contribution in [2.24, 2.45) is 0 Å². The quantitative estimate of drug-likeness (QED) is 0.802. The lowest BCUT2D eigenvalue weighted by molar-refractivity contribution is 0.0299. The zero-order valence-corrected chi connectivity index (χ0v) is 15.1. The normalized spacial score (nSPS) is 14.2. The lowest BCUT2D eigenvalue weighted by Crippen LogP contribution is -2.41. The molecule has 1 aliphatic heterocycles. The second-order valence-electron chi connectivity index (χ2n) is 5.66. The Morgan fingerprint density at radius 3 is 2.60 bits per heavy atom.